The Balaban J connectivity index is 0.878. The fourth-order valence-electron chi connectivity index (χ4n) is 8.69. The first-order valence-electron chi connectivity index (χ1n) is 18.7. The Kier molecular flexibility index (Phi) is 9.97. The summed E-state index contributed by atoms with van der Waals surface area (Å²) in [5.41, 5.74) is 0.582. The van der Waals surface area contributed by atoms with Gasteiger partial charge in [-0.25, -0.2) is 14.2 Å². The number of anilines is 1. The predicted octanol–water partition coefficient (Wildman–Crippen LogP) is 6.74. The number of rotatable bonds is 7. The van der Waals surface area contributed by atoms with E-state index in [1.54, 1.807) is 17.7 Å². The Bertz CT molecular complexity index is 2430. The highest BCUT2D eigenvalue weighted by Crippen LogP contribution is 2.38. The molecule has 17 heteroatoms. The summed E-state index contributed by atoms with van der Waals surface area (Å²) in [4.78, 5) is 56.5. The number of imidazole rings is 1. The van der Waals surface area contributed by atoms with Crippen LogP contribution in [0.4, 0.5) is 23.2 Å². The number of carbonyl (C=O) groups is 3. The highest BCUT2D eigenvalue weighted by atomic mass is 35.5. The predicted molar refractivity (Wildman–Crippen MR) is 200 cm³/mol. The van der Waals surface area contributed by atoms with Crippen LogP contribution in [0, 0.1) is 11.7 Å². The third-order valence-electron chi connectivity index (χ3n) is 11.6. The number of nitrogens with one attached hydrogen (secondary N) is 2. The number of pyridine rings is 1. The SMILES string of the molecule is Cn1c(=O)n(C2CCC(=O)NC2=O)c2cc(Cl)cc(C3CCN(C[C@H]4CC[C@H](n5cc6cc(NC(=O)c7cccc(C(F)(F)F)n7)c(F)cc6n5)CC4)CC3)c21. The van der Waals surface area contributed by atoms with Crippen LogP contribution in [0.3, 0.4) is 0 Å². The van der Waals surface area contributed by atoms with Crippen molar-refractivity contribution < 1.29 is 31.9 Å². The highest BCUT2D eigenvalue weighted by molar-refractivity contribution is 6.31. The number of fused-ring (bicyclic) bond motifs is 2. The van der Waals surface area contributed by atoms with E-state index in [-0.39, 0.29) is 42.1 Å². The maximum absolute atomic E-state index is 15.0. The number of alkyl halides is 3. The molecule has 56 heavy (non-hydrogen) atoms. The zero-order chi connectivity index (χ0) is 39.5. The number of aryl methyl sites for hydroxylation is 1. The number of nitrogens with zero attached hydrogens (tertiary/aromatic N) is 6. The normalized spacial score (nSPS) is 21.5. The van der Waals surface area contributed by atoms with Gasteiger partial charge in [0.05, 0.1) is 28.3 Å². The topological polar surface area (TPSA) is 136 Å². The molecule has 1 aliphatic carbocycles. The van der Waals surface area contributed by atoms with E-state index in [9.17, 15) is 32.3 Å². The summed E-state index contributed by atoms with van der Waals surface area (Å²) >= 11 is 6.62. The fraction of sp³-hybridized carbons (Fsp3) is 0.436. The van der Waals surface area contributed by atoms with Gasteiger partial charge in [-0.15, -0.1) is 0 Å². The third kappa shape index (κ3) is 7.31. The Morgan fingerprint density at radius 2 is 1.75 bits per heavy atom. The van der Waals surface area contributed by atoms with E-state index in [1.807, 2.05) is 16.9 Å². The molecule has 12 nitrogen and oxygen atoms in total. The van der Waals surface area contributed by atoms with E-state index in [0.29, 0.717) is 27.4 Å². The largest absolute Gasteiger partial charge is 0.433 e. The average Bonchev–Trinajstić information content (AvgIpc) is 3.68. The molecular formula is C39H39ClF4N8O4. The molecule has 2 aliphatic heterocycles. The summed E-state index contributed by atoms with van der Waals surface area (Å²) in [6.07, 6.45) is 3.04. The summed E-state index contributed by atoms with van der Waals surface area (Å²) < 4.78 is 59.2. The molecule has 3 aromatic heterocycles. The number of carbonyl (C=O) groups excluding carboxylic acids is 3. The number of hydrogen-bond acceptors (Lipinski definition) is 7. The van der Waals surface area contributed by atoms with Crippen molar-refractivity contribution in [3.05, 3.63) is 86.9 Å². The van der Waals surface area contributed by atoms with Crippen LogP contribution in [-0.4, -0.2) is 66.2 Å². The molecule has 1 atom stereocenters. The first kappa shape index (κ1) is 37.8. The molecule has 1 unspecified atom stereocenters. The van der Waals surface area contributed by atoms with Gasteiger partial charge in [-0.2, -0.15) is 18.3 Å². The molecule has 3 fully saturated rings. The van der Waals surface area contributed by atoms with Crippen LogP contribution in [-0.2, 0) is 22.8 Å². The molecule has 3 amide bonds. The zero-order valence-corrected chi connectivity index (χ0v) is 31.2. The molecule has 0 radical (unpaired) electrons. The lowest BCUT2D eigenvalue weighted by Crippen LogP contribution is -2.44. The number of benzene rings is 2. The first-order valence-corrected chi connectivity index (χ1v) is 19.1. The average molecular weight is 795 g/mol. The third-order valence-corrected chi connectivity index (χ3v) is 11.8. The summed E-state index contributed by atoms with van der Waals surface area (Å²) in [5, 5.41) is 10.4. The quantitative estimate of drug-likeness (QED) is 0.138. The second-order valence-electron chi connectivity index (χ2n) is 15.2. The molecule has 8 rings (SSSR count). The van der Waals surface area contributed by atoms with Gasteiger partial charge in [-0.1, -0.05) is 17.7 Å². The van der Waals surface area contributed by atoms with Crippen molar-refractivity contribution in [3.8, 4) is 0 Å². The summed E-state index contributed by atoms with van der Waals surface area (Å²) in [5.74, 6) is -1.87. The lowest BCUT2D eigenvalue weighted by atomic mass is 9.84. The van der Waals surface area contributed by atoms with Crippen molar-refractivity contribution in [3.63, 3.8) is 0 Å². The van der Waals surface area contributed by atoms with Gasteiger partial charge in [0.1, 0.15) is 23.2 Å². The van der Waals surface area contributed by atoms with Crippen LogP contribution >= 0.6 is 11.6 Å². The number of amides is 3. The smallest absolute Gasteiger partial charge is 0.318 e. The van der Waals surface area contributed by atoms with Gasteiger partial charge >= 0.3 is 11.9 Å². The molecule has 1 saturated carbocycles. The second-order valence-corrected chi connectivity index (χ2v) is 15.6. The number of likely N-dealkylation sites (tertiary alicyclic amines) is 1. The van der Waals surface area contributed by atoms with Crippen LogP contribution in [0.1, 0.15) is 91.1 Å². The van der Waals surface area contributed by atoms with Crippen molar-refractivity contribution in [2.45, 2.75) is 75.5 Å². The van der Waals surface area contributed by atoms with Gasteiger partial charge in [0.25, 0.3) is 5.91 Å². The van der Waals surface area contributed by atoms with Gasteiger partial charge < -0.3 is 10.2 Å². The van der Waals surface area contributed by atoms with Crippen LogP contribution in [0.15, 0.2) is 53.5 Å². The molecule has 5 aromatic rings. The van der Waals surface area contributed by atoms with Gasteiger partial charge in [-0.05, 0) is 106 Å². The molecule has 0 spiro atoms. The van der Waals surface area contributed by atoms with Crippen LogP contribution in [0.5, 0.6) is 0 Å². The van der Waals surface area contributed by atoms with Crippen molar-refractivity contribution >= 4 is 56.9 Å². The number of imide groups is 1. The minimum atomic E-state index is -4.72. The molecular weight excluding hydrogens is 756 g/mol. The van der Waals surface area contributed by atoms with Crippen LogP contribution < -0.4 is 16.3 Å². The van der Waals surface area contributed by atoms with Gasteiger partial charge in [0.2, 0.25) is 11.8 Å². The number of halogens is 5. The molecule has 294 valence electrons. The Morgan fingerprint density at radius 1 is 1.00 bits per heavy atom. The van der Waals surface area contributed by atoms with E-state index in [2.05, 4.69) is 25.6 Å². The molecule has 2 saturated heterocycles. The number of piperidine rings is 2. The van der Waals surface area contributed by atoms with Crippen molar-refractivity contribution in [1.29, 1.82) is 0 Å². The minimum Gasteiger partial charge on any atom is -0.318 e. The zero-order valence-electron chi connectivity index (χ0n) is 30.4. The lowest BCUT2D eigenvalue weighted by Gasteiger charge is -2.37. The highest BCUT2D eigenvalue weighted by Gasteiger charge is 2.35. The van der Waals surface area contributed by atoms with E-state index in [1.165, 1.54) is 16.7 Å². The molecule has 3 aliphatic rings. The summed E-state index contributed by atoms with van der Waals surface area (Å²) in [6, 6.07) is 8.59. The van der Waals surface area contributed by atoms with Crippen LogP contribution in [0.25, 0.3) is 21.9 Å². The van der Waals surface area contributed by atoms with Crippen LogP contribution in [0.2, 0.25) is 5.02 Å². The maximum Gasteiger partial charge on any atom is 0.433 e. The Labute approximate surface area is 322 Å². The van der Waals surface area contributed by atoms with E-state index in [4.69, 9.17) is 11.6 Å². The van der Waals surface area contributed by atoms with Gasteiger partial charge in [-0.3, -0.25) is 33.5 Å². The molecule has 5 heterocycles. The van der Waals surface area contributed by atoms with E-state index >= 15 is 4.39 Å². The maximum atomic E-state index is 15.0. The minimum absolute atomic E-state index is 0.115. The van der Waals surface area contributed by atoms with Gasteiger partial charge in [0, 0.05) is 42.7 Å². The number of aromatic nitrogens is 5. The van der Waals surface area contributed by atoms with Crippen molar-refractivity contribution in [2.75, 3.05) is 25.0 Å². The lowest BCUT2D eigenvalue weighted by molar-refractivity contribution is -0.141. The van der Waals surface area contributed by atoms with E-state index < -0.39 is 41.2 Å². The Hall–Kier alpha value is -5.09. The van der Waals surface area contributed by atoms with Crippen molar-refractivity contribution in [1.82, 2.24) is 34.1 Å². The second kappa shape index (κ2) is 14.8. The summed E-state index contributed by atoms with van der Waals surface area (Å²) in [7, 11) is 1.71. The Morgan fingerprint density at radius 3 is 2.46 bits per heavy atom. The summed E-state index contributed by atoms with van der Waals surface area (Å²) in [6.45, 7) is 2.74. The molecule has 2 N–H and O–H groups in total. The monoisotopic (exact) mass is 794 g/mol. The van der Waals surface area contributed by atoms with E-state index in [0.717, 1.165) is 87.4 Å². The van der Waals surface area contributed by atoms with Crippen molar-refractivity contribution in [2.24, 2.45) is 13.0 Å². The first-order chi connectivity index (χ1) is 26.7. The molecule has 0 bridgehead atoms. The molecule has 2 aromatic carbocycles. The van der Waals surface area contributed by atoms with Gasteiger partial charge in [0.15, 0.2) is 0 Å². The fourth-order valence-corrected chi connectivity index (χ4v) is 8.91. The standard InChI is InChI=1S/C39H39ClF4N8O4/c1-49-35-26(16-24(40)17-32(35)52(38(49)56)31-9-10-34(53)47-37(31)55)22-11-13-50(14-12-22)19-21-5-7-25(8-6-21)51-20-23-15-30(27(41)18-29(23)48-51)46-36(54)28-3-2-4-33(45-28)39(42,43)44/h2-4,15-18,20-22,25,31H,5-14,19H2,1H3,(H,46,54)(H,47,53,55)/t21-,25-,31?. The number of hydrogen-bond donors (Lipinski definition) is 2.